The molecule has 7 nitrogen and oxygen atoms in total. The zero-order valence-electron chi connectivity index (χ0n) is 22.3. The van der Waals surface area contributed by atoms with Crippen molar-refractivity contribution in [3.05, 3.63) is 89.0 Å². The Morgan fingerprint density at radius 1 is 1.03 bits per heavy atom. The second kappa shape index (κ2) is 10.2. The van der Waals surface area contributed by atoms with Crippen molar-refractivity contribution in [2.75, 3.05) is 48.0 Å². The maximum atomic E-state index is 13.6. The lowest BCUT2D eigenvalue weighted by atomic mass is 9.92. The summed E-state index contributed by atoms with van der Waals surface area (Å²) in [6.45, 7) is 9.17. The number of aliphatic hydroxyl groups excluding tert-OH is 1. The van der Waals surface area contributed by atoms with Crippen LogP contribution < -0.4 is 19.4 Å². The zero-order chi connectivity index (χ0) is 27.0. The molecular weight excluding hydrogens is 478 g/mol. The van der Waals surface area contributed by atoms with E-state index in [1.807, 2.05) is 73.5 Å². The fourth-order valence-electron chi connectivity index (χ4n) is 5.35. The van der Waals surface area contributed by atoms with Crippen molar-refractivity contribution in [2.24, 2.45) is 0 Å². The fourth-order valence-corrected chi connectivity index (χ4v) is 5.35. The summed E-state index contributed by atoms with van der Waals surface area (Å²) in [7, 11) is 1.96. The number of benzene rings is 3. The second-order valence-corrected chi connectivity index (χ2v) is 9.67. The SMILES string of the molecule is CCN(CC)c1ccc(N2C(=O)C(=O)/C(=C(/O)c3ccc4c(c3)N(C)CCO4)C2c2ccccc2C)cc1. The Kier molecular flexibility index (Phi) is 6.85. The number of Topliss-reactive ketones (excluding diaryl/α,β-unsaturated/α-hetero) is 1. The molecule has 38 heavy (non-hydrogen) atoms. The summed E-state index contributed by atoms with van der Waals surface area (Å²) in [5.74, 6) is -0.833. The van der Waals surface area contributed by atoms with Crippen LogP contribution in [0.15, 0.2) is 72.3 Å². The van der Waals surface area contributed by atoms with Crippen LogP contribution in [0, 0.1) is 6.92 Å². The molecule has 0 spiro atoms. The van der Waals surface area contributed by atoms with E-state index in [0.717, 1.165) is 41.3 Å². The number of nitrogens with zero attached hydrogens (tertiary/aromatic N) is 3. The van der Waals surface area contributed by atoms with Crippen LogP contribution in [0.25, 0.3) is 5.76 Å². The van der Waals surface area contributed by atoms with Crippen LogP contribution in [0.2, 0.25) is 0 Å². The highest BCUT2D eigenvalue weighted by atomic mass is 16.5. The maximum Gasteiger partial charge on any atom is 0.300 e. The van der Waals surface area contributed by atoms with Crippen LogP contribution in [0.1, 0.15) is 36.6 Å². The minimum absolute atomic E-state index is 0.0800. The third kappa shape index (κ3) is 4.28. The van der Waals surface area contributed by atoms with Crippen LogP contribution in [0.3, 0.4) is 0 Å². The summed E-state index contributed by atoms with van der Waals surface area (Å²) in [6.07, 6.45) is 0. The Bertz CT molecular complexity index is 1410. The van der Waals surface area contributed by atoms with Gasteiger partial charge < -0.3 is 19.6 Å². The quantitative estimate of drug-likeness (QED) is 0.275. The summed E-state index contributed by atoms with van der Waals surface area (Å²) in [4.78, 5) is 32.9. The first kappa shape index (κ1) is 25.4. The molecule has 0 aliphatic carbocycles. The first-order valence-electron chi connectivity index (χ1n) is 13.1. The predicted molar refractivity (Wildman–Crippen MR) is 151 cm³/mol. The van der Waals surface area contributed by atoms with Gasteiger partial charge in [-0.1, -0.05) is 24.3 Å². The average molecular weight is 512 g/mol. The molecule has 196 valence electrons. The monoisotopic (exact) mass is 511 g/mol. The van der Waals surface area contributed by atoms with Crippen LogP contribution in [0.5, 0.6) is 5.75 Å². The molecule has 0 bridgehead atoms. The van der Waals surface area contributed by atoms with Gasteiger partial charge in [0.05, 0.1) is 23.8 Å². The molecule has 2 heterocycles. The highest BCUT2D eigenvalue weighted by Crippen LogP contribution is 2.44. The first-order chi connectivity index (χ1) is 18.3. The lowest BCUT2D eigenvalue weighted by Crippen LogP contribution is -2.30. The summed E-state index contributed by atoms with van der Waals surface area (Å²) in [6, 6.07) is 19.9. The van der Waals surface area contributed by atoms with Gasteiger partial charge in [0.1, 0.15) is 18.1 Å². The lowest BCUT2D eigenvalue weighted by molar-refractivity contribution is -0.132. The Morgan fingerprint density at radius 3 is 2.42 bits per heavy atom. The number of carbonyl (C=O) groups excluding carboxylic acids is 2. The molecule has 5 rings (SSSR count). The topological polar surface area (TPSA) is 73.3 Å². The van der Waals surface area contributed by atoms with Crippen LogP contribution in [0.4, 0.5) is 17.1 Å². The van der Waals surface area contributed by atoms with Gasteiger partial charge in [0.25, 0.3) is 11.7 Å². The number of rotatable bonds is 6. The molecule has 7 heteroatoms. The van der Waals surface area contributed by atoms with Gasteiger partial charge in [-0.05, 0) is 74.4 Å². The maximum absolute atomic E-state index is 13.6. The number of fused-ring (bicyclic) bond motifs is 1. The molecule has 1 atom stereocenters. The number of likely N-dealkylation sites (N-methyl/N-ethyl adjacent to an activating group) is 1. The van der Waals surface area contributed by atoms with E-state index in [1.165, 1.54) is 4.90 Å². The molecule has 0 aromatic heterocycles. The number of amides is 1. The van der Waals surface area contributed by atoms with Gasteiger partial charge in [-0.2, -0.15) is 0 Å². The van der Waals surface area contributed by atoms with E-state index in [4.69, 9.17) is 4.74 Å². The van der Waals surface area contributed by atoms with Gasteiger partial charge in [-0.15, -0.1) is 0 Å². The molecule has 0 radical (unpaired) electrons. The Morgan fingerprint density at radius 2 is 1.74 bits per heavy atom. The van der Waals surface area contributed by atoms with Gasteiger partial charge in [0.2, 0.25) is 0 Å². The van der Waals surface area contributed by atoms with E-state index >= 15 is 0 Å². The van der Waals surface area contributed by atoms with Gasteiger partial charge in [0, 0.05) is 37.1 Å². The molecule has 0 saturated carbocycles. The van der Waals surface area contributed by atoms with Crippen molar-refractivity contribution in [3.63, 3.8) is 0 Å². The highest BCUT2D eigenvalue weighted by Gasteiger charge is 2.47. The number of hydrogen-bond donors (Lipinski definition) is 1. The van der Waals surface area contributed by atoms with E-state index < -0.39 is 17.7 Å². The third-order valence-electron chi connectivity index (χ3n) is 7.51. The van der Waals surface area contributed by atoms with Gasteiger partial charge in [-0.3, -0.25) is 14.5 Å². The van der Waals surface area contributed by atoms with Crippen molar-refractivity contribution < 1.29 is 19.4 Å². The molecule has 2 aliphatic heterocycles. The Hall–Kier alpha value is -4.26. The molecule has 1 fully saturated rings. The van der Waals surface area contributed by atoms with Crippen molar-refractivity contribution in [3.8, 4) is 5.75 Å². The van der Waals surface area contributed by atoms with Crippen molar-refractivity contribution >= 4 is 34.5 Å². The Balaban J connectivity index is 1.66. The first-order valence-corrected chi connectivity index (χ1v) is 13.1. The predicted octanol–water partition coefficient (Wildman–Crippen LogP) is 5.30. The highest BCUT2D eigenvalue weighted by molar-refractivity contribution is 6.51. The molecule has 1 amide bonds. The molecule has 1 unspecified atom stereocenters. The average Bonchev–Trinajstić information content (AvgIpc) is 3.19. The number of carbonyl (C=O) groups is 2. The standard InChI is InChI=1S/C31H33N3O4/c1-5-33(6-2)22-12-14-23(15-13-22)34-28(24-10-8-7-9-20(24)3)27(30(36)31(34)37)29(35)21-11-16-26-25(19-21)32(4)17-18-38-26/h7-16,19,28,35H,5-6,17-18H2,1-4H3/b29-27+. The van der Waals surface area contributed by atoms with E-state index in [9.17, 15) is 14.7 Å². The van der Waals surface area contributed by atoms with Crippen LogP contribution in [-0.4, -0.2) is 50.1 Å². The number of hydrogen-bond acceptors (Lipinski definition) is 6. The van der Waals surface area contributed by atoms with E-state index in [-0.39, 0.29) is 11.3 Å². The van der Waals surface area contributed by atoms with Gasteiger partial charge >= 0.3 is 0 Å². The zero-order valence-corrected chi connectivity index (χ0v) is 22.3. The third-order valence-corrected chi connectivity index (χ3v) is 7.51. The minimum Gasteiger partial charge on any atom is -0.507 e. The summed E-state index contributed by atoms with van der Waals surface area (Å²) < 4.78 is 5.74. The molecule has 1 N–H and O–H groups in total. The van der Waals surface area contributed by atoms with Gasteiger partial charge in [-0.25, -0.2) is 0 Å². The smallest absolute Gasteiger partial charge is 0.300 e. The second-order valence-electron chi connectivity index (χ2n) is 9.67. The van der Waals surface area contributed by atoms with E-state index in [0.29, 0.717) is 24.4 Å². The molecule has 3 aromatic rings. The number of ether oxygens (including phenoxy) is 1. The van der Waals surface area contributed by atoms with Crippen LogP contribution >= 0.6 is 0 Å². The van der Waals surface area contributed by atoms with Crippen molar-refractivity contribution in [1.29, 1.82) is 0 Å². The van der Waals surface area contributed by atoms with Gasteiger partial charge in [0.15, 0.2) is 0 Å². The molecule has 3 aromatic carbocycles. The molecule has 1 saturated heterocycles. The largest absolute Gasteiger partial charge is 0.507 e. The number of aliphatic hydroxyl groups is 1. The number of aryl methyl sites for hydroxylation is 1. The minimum atomic E-state index is -0.763. The summed E-state index contributed by atoms with van der Waals surface area (Å²) >= 11 is 0. The fraction of sp³-hybridized carbons (Fsp3) is 0.290. The lowest BCUT2D eigenvalue weighted by Gasteiger charge is -2.29. The van der Waals surface area contributed by atoms with Crippen molar-refractivity contribution in [2.45, 2.75) is 26.8 Å². The number of ketones is 1. The van der Waals surface area contributed by atoms with Crippen LogP contribution in [-0.2, 0) is 9.59 Å². The Labute approximate surface area is 223 Å². The molecule has 2 aliphatic rings. The number of anilines is 3. The normalized spacial score (nSPS) is 18.4. The van der Waals surface area contributed by atoms with E-state index in [1.54, 1.807) is 12.1 Å². The summed E-state index contributed by atoms with van der Waals surface area (Å²) in [5, 5.41) is 11.6. The van der Waals surface area contributed by atoms with Crippen molar-refractivity contribution in [1.82, 2.24) is 0 Å². The summed E-state index contributed by atoms with van der Waals surface area (Å²) in [5.41, 5.74) is 4.74. The van der Waals surface area contributed by atoms with E-state index in [2.05, 4.69) is 18.7 Å². The molecular formula is C31H33N3O4.